The van der Waals surface area contributed by atoms with Gasteiger partial charge in [-0.3, -0.25) is 4.90 Å². The topological polar surface area (TPSA) is 53.6 Å². The number of imidazole rings is 1. The predicted molar refractivity (Wildman–Crippen MR) is 132 cm³/mol. The summed E-state index contributed by atoms with van der Waals surface area (Å²) in [7, 11) is 2.18. The second kappa shape index (κ2) is 10.7. The molecule has 3 heterocycles. The lowest BCUT2D eigenvalue weighted by molar-refractivity contribution is -0.0265. The van der Waals surface area contributed by atoms with Crippen LogP contribution in [0.2, 0.25) is 0 Å². The number of aromatic amines is 1. The molecule has 0 saturated carbocycles. The van der Waals surface area contributed by atoms with Gasteiger partial charge in [0.1, 0.15) is 24.3 Å². The molecule has 2 fully saturated rings. The Morgan fingerprint density at radius 3 is 2.64 bits per heavy atom. The maximum Gasteiger partial charge on any atom is 0.141 e. The Morgan fingerprint density at radius 2 is 1.82 bits per heavy atom. The van der Waals surface area contributed by atoms with Crippen molar-refractivity contribution in [1.82, 2.24) is 19.8 Å². The molecule has 1 atom stereocenters. The third-order valence-corrected chi connectivity index (χ3v) is 6.94. The smallest absolute Gasteiger partial charge is 0.141 e. The maximum atomic E-state index is 6.71. The van der Waals surface area contributed by atoms with Gasteiger partial charge in [0.15, 0.2) is 0 Å². The van der Waals surface area contributed by atoms with Gasteiger partial charge in [-0.05, 0) is 75.6 Å². The second-order valence-corrected chi connectivity index (χ2v) is 9.48. The first kappa shape index (κ1) is 22.4. The van der Waals surface area contributed by atoms with Crippen molar-refractivity contribution in [2.75, 3.05) is 46.4 Å². The highest BCUT2D eigenvalue weighted by atomic mass is 16.5. The highest BCUT2D eigenvalue weighted by molar-refractivity contribution is 5.74. The van der Waals surface area contributed by atoms with Crippen molar-refractivity contribution in [3.8, 4) is 5.75 Å². The van der Waals surface area contributed by atoms with E-state index in [1.807, 2.05) is 24.3 Å². The number of aromatic nitrogens is 2. The maximum absolute atomic E-state index is 6.71. The number of hydrogen-bond acceptors (Lipinski definition) is 5. The molecule has 1 aromatic heterocycles. The van der Waals surface area contributed by atoms with Crippen LogP contribution in [0.25, 0.3) is 11.0 Å². The van der Waals surface area contributed by atoms with Crippen LogP contribution in [-0.4, -0.2) is 72.3 Å². The highest BCUT2D eigenvalue weighted by Gasteiger charge is 2.26. The van der Waals surface area contributed by atoms with Crippen LogP contribution >= 0.6 is 0 Å². The van der Waals surface area contributed by atoms with E-state index in [0.29, 0.717) is 6.61 Å². The fourth-order valence-electron chi connectivity index (χ4n) is 4.95. The zero-order valence-electron chi connectivity index (χ0n) is 19.7. The molecule has 3 aromatic rings. The third kappa shape index (κ3) is 5.75. The number of likely N-dealkylation sites (tertiary alicyclic amines) is 2. The average molecular weight is 449 g/mol. The van der Waals surface area contributed by atoms with Crippen LogP contribution in [0, 0.1) is 0 Å². The van der Waals surface area contributed by atoms with Gasteiger partial charge >= 0.3 is 0 Å². The van der Waals surface area contributed by atoms with Gasteiger partial charge in [0, 0.05) is 19.6 Å². The molecule has 0 bridgehead atoms. The van der Waals surface area contributed by atoms with E-state index < -0.39 is 0 Å². The summed E-state index contributed by atoms with van der Waals surface area (Å²) in [4.78, 5) is 13.3. The number of benzene rings is 2. The molecule has 1 unspecified atom stereocenters. The molecule has 1 N–H and O–H groups in total. The molecule has 0 amide bonds. The quantitative estimate of drug-likeness (QED) is 0.545. The minimum atomic E-state index is -0.239. The summed E-state index contributed by atoms with van der Waals surface area (Å²) in [5.41, 5.74) is 3.10. The van der Waals surface area contributed by atoms with Crippen LogP contribution in [-0.2, 0) is 4.74 Å². The van der Waals surface area contributed by atoms with E-state index in [-0.39, 0.29) is 12.2 Å². The summed E-state index contributed by atoms with van der Waals surface area (Å²) in [5, 5.41) is 0. The lowest BCUT2D eigenvalue weighted by Crippen LogP contribution is -2.35. The minimum Gasteiger partial charge on any atom is -0.492 e. The van der Waals surface area contributed by atoms with Crippen LogP contribution in [0.4, 0.5) is 0 Å². The molecule has 0 spiro atoms. The summed E-state index contributed by atoms with van der Waals surface area (Å²) in [6.07, 6.45) is 6.05. The van der Waals surface area contributed by atoms with E-state index in [1.165, 1.54) is 32.4 Å². The van der Waals surface area contributed by atoms with Crippen molar-refractivity contribution in [2.45, 2.75) is 44.3 Å². The molecule has 2 aromatic carbocycles. The predicted octanol–water partition coefficient (Wildman–Crippen LogP) is 4.63. The Kier molecular flexibility index (Phi) is 7.24. The summed E-state index contributed by atoms with van der Waals surface area (Å²) in [6.45, 7) is 6.23. The van der Waals surface area contributed by atoms with Crippen molar-refractivity contribution >= 4 is 11.0 Å². The number of ether oxygens (including phenoxy) is 2. The summed E-state index contributed by atoms with van der Waals surface area (Å²) in [6, 6.07) is 16.5. The van der Waals surface area contributed by atoms with Crippen LogP contribution in [0.1, 0.15) is 49.6 Å². The zero-order chi connectivity index (χ0) is 22.5. The summed E-state index contributed by atoms with van der Waals surface area (Å²) >= 11 is 0. The zero-order valence-corrected chi connectivity index (χ0v) is 19.7. The van der Waals surface area contributed by atoms with Crippen LogP contribution < -0.4 is 4.74 Å². The van der Waals surface area contributed by atoms with E-state index >= 15 is 0 Å². The van der Waals surface area contributed by atoms with E-state index in [4.69, 9.17) is 14.5 Å². The van der Waals surface area contributed by atoms with Crippen LogP contribution in [0.3, 0.4) is 0 Å². The SMILES string of the molecule is CN1CCC(OC(c2cccc(OCCN3CCCCC3)c2)c2nc3ccccc3[nH]2)CC1. The first-order valence-corrected chi connectivity index (χ1v) is 12.5. The minimum absolute atomic E-state index is 0.225. The second-order valence-electron chi connectivity index (χ2n) is 9.48. The van der Waals surface area contributed by atoms with E-state index in [9.17, 15) is 0 Å². The molecule has 176 valence electrons. The Labute approximate surface area is 196 Å². The van der Waals surface area contributed by atoms with Gasteiger partial charge in [-0.2, -0.15) is 0 Å². The number of para-hydroxylation sites is 2. The fraction of sp³-hybridized carbons (Fsp3) is 0.519. The van der Waals surface area contributed by atoms with Crippen molar-refractivity contribution in [1.29, 1.82) is 0 Å². The molecule has 0 aliphatic carbocycles. The number of nitrogens with one attached hydrogen (secondary N) is 1. The van der Waals surface area contributed by atoms with E-state index in [2.05, 4.69) is 46.1 Å². The number of rotatable bonds is 8. The normalized spacial score (nSPS) is 19.7. The van der Waals surface area contributed by atoms with E-state index in [0.717, 1.165) is 60.6 Å². The lowest BCUT2D eigenvalue weighted by Gasteiger charge is -2.31. The standard InChI is InChI=1S/C27H36N4O2/c1-30-16-12-22(13-17-30)33-26(27-28-24-10-3-4-11-25(24)29-27)21-8-7-9-23(20-21)32-19-18-31-14-5-2-6-15-31/h3-4,7-11,20,22,26H,2,5-6,12-19H2,1H3,(H,28,29). The fourth-order valence-corrected chi connectivity index (χ4v) is 4.95. The molecule has 6 heteroatoms. The number of fused-ring (bicyclic) bond motifs is 1. The van der Waals surface area contributed by atoms with Gasteiger partial charge in [-0.15, -0.1) is 0 Å². The van der Waals surface area contributed by atoms with Crippen molar-refractivity contribution in [2.24, 2.45) is 0 Å². The molecule has 6 nitrogen and oxygen atoms in total. The Hall–Kier alpha value is -2.41. The highest BCUT2D eigenvalue weighted by Crippen LogP contribution is 2.31. The monoisotopic (exact) mass is 448 g/mol. The van der Waals surface area contributed by atoms with Crippen LogP contribution in [0.15, 0.2) is 48.5 Å². The summed E-state index contributed by atoms with van der Waals surface area (Å²) in [5.74, 6) is 1.76. The first-order valence-electron chi connectivity index (χ1n) is 12.5. The molecular formula is C27H36N4O2. The largest absolute Gasteiger partial charge is 0.492 e. The number of H-pyrrole nitrogens is 1. The molecule has 2 aliphatic heterocycles. The Balaban J connectivity index is 1.33. The van der Waals surface area contributed by atoms with Gasteiger partial charge in [0.25, 0.3) is 0 Å². The van der Waals surface area contributed by atoms with Crippen LogP contribution in [0.5, 0.6) is 5.75 Å². The first-order chi connectivity index (χ1) is 16.2. The van der Waals surface area contributed by atoms with Crippen molar-refractivity contribution < 1.29 is 9.47 Å². The van der Waals surface area contributed by atoms with Gasteiger partial charge < -0.3 is 19.4 Å². The van der Waals surface area contributed by atoms with Gasteiger partial charge in [-0.25, -0.2) is 4.98 Å². The number of hydrogen-bond donors (Lipinski definition) is 1. The Bertz CT molecular complexity index is 989. The molecular weight excluding hydrogens is 412 g/mol. The molecule has 5 rings (SSSR count). The molecule has 33 heavy (non-hydrogen) atoms. The summed E-state index contributed by atoms with van der Waals surface area (Å²) < 4.78 is 12.9. The van der Waals surface area contributed by atoms with Crippen molar-refractivity contribution in [3.63, 3.8) is 0 Å². The number of piperidine rings is 2. The van der Waals surface area contributed by atoms with Gasteiger partial charge in [0.2, 0.25) is 0 Å². The third-order valence-electron chi connectivity index (χ3n) is 6.94. The molecule has 2 saturated heterocycles. The number of nitrogens with zero attached hydrogens (tertiary/aromatic N) is 3. The average Bonchev–Trinajstić information content (AvgIpc) is 3.28. The lowest BCUT2D eigenvalue weighted by atomic mass is 10.1. The van der Waals surface area contributed by atoms with Gasteiger partial charge in [-0.1, -0.05) is 30.7 Å². The van der Waals surface area contributed by atoms with Gasteiger partial charge in [0.05, 0.1) is 17.1 Å². The molecule has 2 aliphatic rings. The molecule has 0 radical (unpaired) electrons. The van der Waals surface area contributed by atoms with E-state index in [1.54, 1.807) is 0 Å². The Morgan fingerprint density at radius 1 is 1.00 bits per heavy atom. The van der Waals surface area contributed by atoms with Crippen molar-refractivity contribution in [3.05, 3.63) is 59.9 Å².